The minimum Gasteiger partial charge on any atom is -0.465 e. The maximum Gasteiger partial charge on any atom is 0.327 e. The first-order valence-electron chi connectivity index (χ1n) is 4.88. The molecule has 16 heavy (non-hydrogen) atoms. The Morgan fingerprint density at radius 1 is 1.56 bits per heavy atom. The second kappa shape index (κ2) is 5.82. The summed E-state index contributed by atoms with van der Waals surface area (Å²) in [5.41, 5.74) is 0.450. The molecule has 0 spiro atoms. The van der Waals surface area contributed by atoms with Gasteiger partial charge in [-0.15, -0.1) is 0 Å². The van der Waals surface area contributed by atoms with Crippen molar-refractivity contribution in [2.75, 3.05) is 13.7 Å². The summed E-state index contributed by atoms with van der Waals surface area (Å²) in [6.07, 6.45) is 0. The van der Waals surface area contributed by atoms with Crippen molar-refractivity contribution in [1.29, 1.82) is 0 Å². The number of benzene rings is 1. The molecule has 0 saturated carbocycles. The Labute approximate surface area is 98.5 Å². The van der Waals surface area contributed by atoms with Gasteiger partial charge in [-0.1, -0.05) is 11.6 Å². The van der Waals surface area contributed by atoms with Crippen molar-refractivity contribution in [3.05, 3.63) is 34.6 Å². The molecule has 3 nitrogen and oxygen atoms in total. The first-order chi connectivity index (χ1) is 7.58. The Balaban J connectivity index is 2.98. The summed E-state index contributed by atoms with van der Waals surface area (Å²) in [7, 11) is 1.60. The van der Waals surface area contributed by atoms with Gasteiger partial charge in [-0.3, -0.25) is 0 Å². The van der Waals surface area contributed by atoms with Crippen LogP contribution in [0.15, 0.2) is 18.2 Å². The third-order valence-corrected chi connectivity index (χ3v) is 2.25. The maximum absolute atomic E-state index is 13.1. The van der Waals surface area contributed by atoms with Crippen LogP contribution in [0.5, 0.6) is 0 Å². The molecule has 0 fully saturated rings. The van der Waals surface area contributed by atoms with Gasteiger partial charge >= 0.3 is 5.97 Å². The number of hydrogen-bond donors (Lipinski definition) is 1. The molecule has 0 aliphatic heterocycles. The zero-order valence-corrected chi connectivity index (χ0v) is 9.84. The van der Waals surface area contributed by atoms with E-state index < -0.39 is 17.8 Å². The Kier molecular flexibility index (Phi) is 4.71. The summed E-state index contributed by atoms with van der Waals surface area (Å²) in [5, 5.41) is 3.01. The van der Waals surface area contributed by atoms with Crippen LogP contribution in [0.25, 0.3) is 0 Å². The smallest absolute Gasteiger partial charge is 0.327 e. The van der Waals surface area contributed by atoms with E-state index in [0.29, 0.717) is 5.56 Å². The highest BCUT2D eigenvalue weighted by atomic mass is 35.5. The van der Waals surface area contributed by atoms with Crippen molar-refractivity contribution in [3.63, 3.8) is 0 Å². The lowest BCUT2D eigenvalue weighted by molar-refractivity contribution is -0.145. The van der Waals surface area contributed by atoms with Gasteiger partial charge in [-0.05, 0) is 37.7 Å². The lowest BCUT2D eigenvalue weighted by atomic mass is 10.1. The fourth-order valence-corrected chi connectivity index (χ4v) is 1.62. The quantitative estimate of drug-likeness (QED) is 0.828. The van der Waals surface area contributed by atoms with E-state index >= 15 is 0 Å². The molecular formula is C11H13ClFNO2. The molecule has 0 aromatic heterocycles. The molecule has 5 heteroatoms. The molecule has 1 rings (SSSR count). The number of rotatable bonds is 4. The average Bonchev–Trinajstić information content (AvgIpc) is 2.17. The van der Waals surface area contributed by atoms with Crippen molar-refractivity contribution in [1.82, 2.24) is 5.32 Å². The van der Waals surface area contributed by atoms with Crippen LogP contribution in [-0.2, 0) is 9.53 Å². The minimum absolute atomic E-state index is 0.250. The second-order valence-corrected chi connectivity index (χ2v) is 3.61. The molecule has 0 aliphatic rings. The zero-order valence-electron chi connectivity index (χ0n) is 9.09. The number of esters is 1. The van der Waals surface area contributed by atoms with E-state index in [0.717, 1.165) is 0 Å². The van der Waals surface area contributed by atoms with Gasteiger partial charge in [0.2, 0.25) is 0 Å². The summed E-state index contributed by atoms with van der Waals surface area (Å²) in [5.74, 6) is -0.932. The topological polar surface area (TPSA) is 38.3 Å². The molecule has 0 aliphatic carbocycles. The SMILES string of the molecule is CCOC(=O)C(NC)c1cc(F)cc(Cl)c1. The number of halogens is 2. The molecule has 1 N–H and O–H groups in total. The summed E-state index contributed by atoms with van der Waals surface area (Å²) in [4.78, 5) is 11.5. The van der Waals surface area contributed by atoms with Crippen LogP contribution >= 0.6 is 11.6 Å². The number of nitrogens with one attached hydrogen (secondary N) is 1. The van der Waals surface area contributed by atoms with Crippen molar-refractivity contribution < 1.29 is 13.9 Å². The Morgan fingerprint density at radius 2 is 2.25 bits per heavy atom. The van der Waals surface area contributed by atoms with Crippen molar-refractivity contribution in [3.8, 4) is 0 Å². The molecule has 0 radical (unpaired) electrons. The highest BCUT2D eigenvalue weighted by molar-refractivity contribution is 6.30. The summed E-state index contributed by atoms with van der Waals surface area (Å²) in [6, 6.07) is 3.27. The van der Waals surface area contributed by atoms with E-state index in [9.17, 15) is 9.18 Å². The van der Waals surface area contributed by atoms with E-state index in [2.05, 4.69) is 5.32 Å². The molecular weight excluding hydrogens is 233 g/mol. The predicted octanol–water partition coefficient (Wildman–Crippen LogP) is 2.30. The Hall–Kier alpha value is -1.13. The van der Waals surface area contributed by atoms with Gasteiger partial charge in [0.15, 0.2) is 0 Å². The fraction of sp³-hybridized carbons (Fsp3) is 0.364. The normalized spacial score (nSPS) is 12.2. The highest BCUT2D eigenvalue weighted by Gasteiger charge is 2.20. The van der Waals surface area contributed by atoms with Gasteiger partial charge < -0.3 is 10.1 Å². The molecule has 88 valence electrons. The number of carbonyl (C=O) groups is 1. The van der Waals surface area contributed by atoms with Gasteiger partial charge in [0.05, 0.1) is 6.61 Å². The van der Waals surface area contributed by atoms with E-state index in [1.165, 1.54) is 18.2 Å². The lowest BCUT2D eigenvalue weighted by Gasteiger charge is -2.15. The largest absolute Gasteiger partial charge is 0.465 e. The van der Waals surface area contributed by atoms with Crippen molar-refractivity contribution in [2.45, 2.75) is 13.0 Å². The van der Waals surface area contributed by atoms with Gasteiger partial charge in [-0.25, -0.2) is 9.18 Å². The summed E-state index contributed by atoms with van der Waals surface area (Å²) in [6.45, 7) is 1.99. The molecule has 1 aromatic carbocycles. The van der Waals surface area contributed by atoms with Crippen LogP contribution in [0.1, 0.15) is 18.5 Å². The maximum atomic E-state index is 13.1. The van der Waals surface area contributed by atoms with Gasteiger partial charge in [0, 0.05) is 5.02 Å². The first-order valence-corrected chi connectivity index (χ1v) is 5.26. The molecule has 1 unspecified atom stereocenters. The van der Waals surface area contributed by atoms with Crippen LogP contribution in [0, 0.1) is 5.82 Å². The fourth-order valence-electron chi connectivity index (χ4n) is 1.39. The van der Waals surface area contributed by atoms with Crippen LogP contribution < -0.4 is 5.32 Å². The second-order valence-electron chi connectivity index (χ2n) is 3.18. The van der Waals surface area contributed by atoms with Gasteiger partial charge in [0.1, 0.15) is 11.9 Å². The number of likely N-dealkylation sites (N-methyl/N-ethyl adjacent to an activating group) is 1. The number of carbonyl (C=O) groups excluding carboxylic acids is 1. The van der Waals surface area contributed by atoms with Gasteiger partial charge in [-0.2, -0.15) is 0 Å². The van der Waals surface area contributed by atoms with Crippen LogP contribution in [0.3, 0.4) is 0 Å². The molecule has 0 bridgehead atoms. The van der Waals surface area contributed by atoms with E-state index in [-0.39, 0.29) is 11.6 Å². The van der Waals surface area contributed by atoms with E-state index in [1.807, 2.05) is 0 Å². The van der Waals surface area contributed by atoms with E-state index in [4.69, 9.17) is 16.3 Å². The average molecular weight is 246 g/mol. The summed E-state index contributed by atoms with van der Waals surface area (Å²) >= 11 is 5.71. The van der Waals surface area contributed by atoms with Crippen molar-refractivity contribution in [2.24, 2.45) is 0 Å². The monoisotopic (exact) mass is 245 g/mol. The summed E-state index contributed by atoms with van der Waals surface area (Å²) < 4.78 is 18.0. The minimum atomic E-state index is -0.701. The van der Waals surface area contributed by atoms with Crippen molar-refractivity contribution >= 4 is 17.6 Å². The first kappa shape index (κ1) is 12.9. The van der Waals surface area contributed by atoms with Gasteiger partial charge in [0.25, 0.3) is 0 Å². The highest BCUT2D eigenvalue weighted by Crippen LogP contribution is 2.20. The number of hydrogen-bond acceptors (Lipinski definition) is 3. The zero-order chi connectivity index (χ0) is 12.1. The van der Waals surface area contributed by atoms with Crippen LogP contribution in [-0.4, -0.2) is 19.6 Å². The van der Waals surface area contributed by atoms with Crippen LogP contribution in [0.4, 0.5) is 4.39 Å². The third kappa shape index (κ3) is 3.18. The van der Waals surface area contributed by atoms with Crippen LogP contribution in [0.2, 0.25) is 5.02 Å². The Morgan fingerprint density at radius 3 is 2.75 bits per heavy atom. The predicted molar refractivity (Wildman–Crippen MR) is 59.8 cm³/mol. The molecule has 1 atom stereocenters. The Bertz CT molecular complexity index is 364. The molecule has 0 amide bonds. The molecule has 0 heterocycles. The standard InChI is InChI=1S/C11H13ClFNO2/c1-3-16-11(15)10(14-2)7-4-8(12)6-9(13)5-7/h4-6,10,14H,3H2,1-2H3. The molecule has 0 saturated heterocycles. The van der Waals surface area contributed by atoms with E-state index in [1.54, 1.807) is 14.0 Å². The lowest BCUT2D eigenvalue weighted by Crippen LogP contribution is -2.27. The number of ether oxygens (including phenoxy) is 1. The third-order valence-electron chi connectivity index (χ3n) is 2.03. The molecule has 1 aromatic rings.